The summed E-state index contributed by atoms with van der Waals surface area (Å²) in [6, 6.07) is 1.60. The molecule has 2 heterocycles. The fourth-order valence-corrected chi connectivity index (χ4v) is 1.06. The quantitative estimate of drug-likeness (QED) is 0.766. The van der Waals surface area contributed by atoms with Crippen LogP contribution >= 0.6 is 0 Å². The summed E-state index contributed by atoms with van der Waals surface area (Å²) in [6.45, 7) is 1.73. The van der Waals surface area contributed by atoms with E-state index in [1.807, 2.05) is 0 Å². The van der Waals surface area contributed by atoms with E-state index in [9.17, 15) is 4.79 Å². The van der Waals surface area contributed by atoms with Gasteiger partial charge in [0.05, 0.1) is 12.4 Å². The molecule has 1 amide bonds. The number of rotatable bonds is 2. The van der Waals surface area contributed by atoms with Gasteiger partial charge in [0, 0.05) is 6.07 Å². The number of hydrogen-bond donors (Lipinski definition) is 2. The van der Waals surface area contributed by atoms with Crippen molar-refractivity contribution in [3.05, 3.63) is 29.9 Å². The minimum absolute atomic E-state index is 0.162. The Morgan fingerprint density at radius 1 is 1.44 bits per heavy atom. The minimum Gasteiger partial charge on any atom is -0.382 e. The summed E-state index contributed by atoms with van der Waals surface area (Å²) in [5.41, 5.74) is 5.51. The van der Waals surface area contributed by atoms with Crippen molar-refractivity contribution >= 4 is 17.5 Å². The normalized spacial score (nSPS) is 10.1. The lowest BCUT2D eigenvalue weighted by molar-refractivity contribution is 0.102. The highest BCUT2D eigenvalue weighted by molar-refractivity contribution is 6.02. The molecule has 82 valence electrons. The summed E-state index contributed by atoms with van der Waals surface area (Å²) in [5.74, 6) is 0.787. The predicted molar refractivity (Wildman–Crippen MR) is 55.6 cm³/mol. The van der Waals surface area contributed by atoms with Gasteiger partial charge in [0.25, 0.3) is 5.91 Å². The largest absolute Gasteiger partial charge is 0.382 e. The third kappa shape index (κ3) is 2.14. The molecule has 2 rings (SSSR count). The van der Waals surface area contributed by atoms with E-state index in [0.29, 0.717) is 11.6 Å². The standard InChI is InChI=1S/C9H9N5O2/c1-5-2-8(14-16-5)13-9(15)6-3-12-7(10)4-11-6/h2-4H,1H3,(H2,10,12)(H,13,14,15). The van der Waals surface area contributed by atoms with Crippen molar-refractivity contribution in [2.75, 3.05) is 11.1 Å². The van der Waals surface area contributed by atoms with Gasteiger partial charge >= 0.3 is 0 Å². The van der Waals surface area contributed by atoms with Gasteiger partial charge in [-0.3, -0.25) is 4.79 Å². The summed E-state index contributed by atoms with van der Waals surface area (Å²) in [4.78, 5) is 19.2. The van der Waals surface area contributed by atoms with Crippen LogP contribution in [0.4, 0.5) is 11.6 Å². The summed E-state index contributed by atoms with van der Waals surface area (Å²) < 4.78 is 4.80. The summed E-state index contributed by atoms with van der Waals surface area (Å²) >= 11 is 0. The van der Waals surface area contributed by atoms with Gasteiger partial charge < -0.3 is 15.6 Å². The monoisotopic (exact) mass is 219 g/mol. The Balaban J connectivity index is 2.11. The molecule has 0 aliphatic heterocycles. The number of nitrogens with zero attached hydrogens (tertiary/aromatic N) is 3. The summed E-state index contributed by atoms with van der Waals surface area (Å²) in [7, 11) is 0. The highest BCUT2D eigenvalue weighted by Gasteiger charge is 2.10. The minimum atomic E-state index is -0.416. The highest BCUT2D eigenvalue weighted by Crippen LogP contribution is 2.08. The van der Waals surface area contributed by atoms with Gasteiger partial charge in [-0.25, -0.2) is 9.97 Å². The molecule has 0 saturated carbocycles. The van der Waals surface area contributed by atoms with Crippen molar-refractivity contribution in [1.29, 1.82) is 0 Å². The Morgan fingerprint density at radius 3 is 2.81 bits per heavy atom. The molecule has 0 radical (unpaired) electrons. The molecule has 2 aromatic rings. The lowest BCUT2D eigenvalue weighted by Crippen LogP contribution is -2.14. The number of carbonyl (C=O) groups is 1. The molecular formula is C9H9N5O2. The Labute approximate surface area is 90.7 Å². The summed E-state index contributed by atoms with van der Waals surface area (Å²) in [5, 5.41) is 6.13. The van der Waals surface area contributed by atoms with Crippen LogP contribution in [0.15, 0.2) is 23.0 Å². The SMILES string of the molecule is Cc1cc(NC(=O)c2cnc(N)cn2)no1. The first kappa shape index (κ1) is 10.1. The molecule has 0 aliphatic carbocycles. The van der Waals surface area contributed by atoms with Gasteiger partial charge in [-0.15, -0.1) is 0 Å². The first-order valence-electron chi connectivity index (χ1n) is 4.47. The third-order valence-electron chi connectivity index (χ3n) is 1.77. The van der Waals surface area contributed by atoms with E-state index in [1.165, 1.54) is 12.4 Å². The maximum absolute atomic E-state index is 11.6. The molecule has 16 heavy (non-hydrogen) atoms. The fourth-order valence-electron chi connectivity index (χ4n) is 1.06. The molecule has 0 aromatic carbocycles. The number of aryl methyl sites for hydroxylation is 1. The number of anilines is 2. The Morgan fingerprint density at radius 2 is 2.25 bits per heavy atom. The van der Waals surface area contributed by atoms with Crippen LogP contribution in [0.2, 0.25) is 0 Å². The van der Waals surface area contributed by atoms with E-state index in [2.05, 4.69) is 20.4 Å². The van der Waals surface area contributed by atoms with Crippen LogP contribution in [0, 0.1) is 6.92 Å². The van der Waals surface area contributed by atoms with Crippen LogP contribution in [0.25, 0.3) is 0 Å². The van der Waals surface area contributed by atoms with E-state index in [0.717, 1.165) is 0 Å². The second-order valence-corrected chi connectivity index (χ2v) is 3.10. The van der Waals surface area contributed by atoms with Gasteiger partial charge in [-0.05, 0) is 6.92 Å². The molecule has 0 spiro atoms. The first-order valence-corrected chi connectivity index (χ1v) is 4.47. The van der Waals surface area contributed by atoms with Crippen molar-refractivity contribution in [2.45, 2.75) is 6.92 Å². The van der Waals surface area contributed by atoms with Crippen molar-refractivity contribution in [2.24, 2.45) is 0 Å². The van der Waals surface area contributed by atoms with Crippen LogP contribution in [0.1, 0.15) is 16.2 Å². The van der Waals surface area contributed by atoms with Crippen molar-refractivity contribution in [1.82, 2.24) is 15.1 Å². The third-order valence-corrected chi connectivity index (χ3v) is 1.77. The number of carbonyl (C=O) groups excluding carboxylic acids is 1. The van der Waals surface area contributed by atoms with Crippen LogP contribution in [0.3, 0.4) is 0 Å². The van der Waals surface area contributed by atoms with E-state index in [-0.39, 0.29) is 11.5 Å². The molecule has 0 saturated heterocycles. The van der Waals surface area contributed by atoms with Gasteiger partial charge in [-0.2, -0.15) is 0 Å². The van der Waals surface area contributed by atoms with E-state index < -0.39 is 5.91 Å². The molecule has 0 aliphatic rings. The number of aromatic nitrogens is 3. The number of nitrogens with one attached hydrogen (secondary N) is 1. The van der Waals surface area contributed by atoms with Crippen LogP contribution in [-0.4, -0.2) is 21.0 Å². The molecule has 0 bridgehead atoms. The van der Waals surface area contributed by atoms with Gasteiger partial charge in [0.2, 0.25) is 0 Å². The zero-order valence-corrected chi connectivity index (χ0v) is 8.47. The topological polar surface area (TPSA) is 107 Å². The van der Waals surface area contributed by atoms with Crippen molar-refractivity contribution < 1.29 is 9.32 Å². The van der Waals surface area contributed by atoms with Gasteiger partial charge in [0.15, 0.2) is 5.82 Å². The molecule has 0 unspecified atom stereocenters. The average molecular weight is 219 g/mol. The number of amides is 1. The lowest BCUT2D eigenvalue weighted by atomic mass is 10.4. The highest BCUT2D eigenvalue weighted by atomic mass is 16.5. The molecule has 0 atom stereocenters. The zero-order valence-electron chi connectivity index (χ0n) is 8.47. The second kappa shape index (κ2) is 3.97. The predicted octanol–water partition coefficient (Wildman–Crippen LogP) is 0.608. The maximum Gasteiger partial charge on any atom is 0.277 e. The molecular weight excluding hydrogens is 210 g/mol. The van der Waals surface area contributed by atoms with Crippen molar-refractivity contribution in [3.63, 3.8) is 0 Å². The van der Waals surface area contributed by atoms with Gasteiger partial charge in [-0.1, -0.05) is 5.16 Å². The molecule has 3 N–H and O–H groups in total. The molecule has 7 nitrogen and oxygen atoms in total. The lowest BCUT2D eigenvalue weighted by Gasteiger charge is -1.99. The molecule has 0 fully saturated rings. The zero-order chi connectivity index (χ0) is 11.5. The van der Waals surface area contributed by atoms with Crippen molar-refractivity contribution in [3.8, 4) is 0 Å². The second-order valence-electron chi connectivity index (χ2n) is 3.10. The number of hydrogen-bond acceptors (Lipinski definition) is 6. The van der Waals surface area contributed by atoms with E-state index >= 15 is 0 Å². The maximum atomic E-state index is 11.6. The van der Waals surface area contributed by atoms with Crippen LogP contribution in [-0.2, 0) is 0 Å². The smallest absolute Gasteiger partial charge is 0.277 e. The number of nitrogen functional groups attached to an aromatic ring is 1. The molecule has 2 aromatic heterocycles. The van der Waals surface area contributed by atoms with Gasteiger partial charge in [0.1, 0.15) is 17.3 Å². The fraction of sp³-hybridized carbons (Fsp3) is 0.111. The Kier molecular flexibility index (Phi) is 2.50. The van der Waals surface area contributed by atoms with E-state index in [1.54, 1.807) is 13.0 Å². The Hall–Kier alpha value is -2.44. The van der Waals surface area contributed by atoms with Crippen LogP contribution < -0.4 is 11.1 Å². The van der Waals surface area contributed by atoms with E-state index in [4.69, 9.17) is 10.3 Å². The summed E-state index contributed by atoms with van der Waals surface area (Å²) in [6.07, 6.45) is 2.60. The average Bonchev–Trinajstić information content (AvgIpc) is 2.65. The Bertz CT molecular complexity index is 505. The number of nitrogens with two attached hydrogens (primary N) is 1. The first-order chi connectivity index (χ1) is 7.65. The molecule has 7 heteroatoms. The van der Waals surface area contributed by atoms with Crippen LogP contribution in [0.5, 0.6) is 0 Å².